The average Bonchev–Trinajstić information content (AvgIpc) is 2.84. The molecule has 0 bridgehead atoms. The number of aliphatic hydroxyl groups excluding tert-OH is 2. The summed E-state index contributed by atoms with van der Waals surface area (Å²) in [7, 11) is 0. The molecule has 0 spiro atoms. The second-order valence-electron chi connectivity index (χ2n) is 9.95. The van der Waals surface area contributed by atoms with E-state index in [9.17, 15) is 24.6 Å². The number of hydrogen-bond donors (Lipinski definition) is 2. The summed E-state index contributed by atoms with van der Waals surface area (Å²) in [6.07, 6.45) is 17.6. The molecule has 6 nitrogen and oxygen atoms in total. The van der Waals surface area contributed by atoms with Crippen molar-refractivity contribution in [2.45, 2.75) is 161 Å². The van der Waals surface area contributed by atoms with Gasteiger partial charge in [0.15, 0.2) is 11.6 Å². The van der Waals surface area contributed by atoms with Crippen LogP contribution >= 0.6 is 0 Å². The summed E-state index contributed by atoms with van der Waals surface area (Å²) in [6.45, 7) is 4.98. The standard InChI is InChI=1S/C29H54O6/c1-4-7-8-9-10-11-12-13-14-15-16-17-18-19-20-23-28(34)35-29(27(33)24-30,25(31)21-5-2)26(32)22-6-3/h27,30,33H,4-24H2,1-3H3. The maximum atomic E-state index is 12.8. The second-order valence-corrected chi connectivity index (χ2v) is 9.95. The summed E-state index contributed by atoms with van der Waals surface area (Å²) in [5.74, 6) is -1.93. The first-order chi connectivity index (χ1) is 16.9. The lowest BCUT2D eigenvalue weighted by Crippen LogP contribution is -2.60. The molecule has 2 N–H and O–H groups in total. The van der Waals surface area contributed by atoms with Gasteiger partial charge in [-0.2, -0.15) is 0 Å². The zero-order valence-corrected chi connectivity index (χ0v) is 23.0. The highest BCUT2D eigenvalue weighted by molar-refractivity contribution is 6.12. The summed E-state index contributed by atoms with van der Waals surface area (Å²) in [5.41, 5.74) is -2.28. The lowest BCUT2D eigenvalue weighted by Gasteiger charge is -2.34. The Morgan fingerprint density at radius 2 is 0.971 bits per heavy atom. The Kier molecular flexibility index (Phi) is 21.2. The SMILES string of the molecule is CCCCCCCCCCCCCCCCCC(=O)OC(C(=O)CCC)(C(=O)CCC)C(O)CO. The van der Waals surface area contributed by atoms with Crippen LogP contribution in [0, 0.1) is 0 Å². The monoisotopic (exact) mass is 498 g/mol. The molecule has 0 fully saturated rings. The van der Waals surface area contributed by atoms with Crippen LogP contribution in [0.1, 0.15) is 149 Å². The fourth-order valence-electron chi connectivity index (χ4n) is 4.53. The predicted octanol–water partition coefficient (Wildman–Crippen LogP) is 6.62. The molecule has 0 amide bonds. The molecule has 0 aromatic carbocycles. The molecule has 0 aliphatic heterocycles. The minimum absolute atomic E-state index is 0.00124. The van der Waals surface area contributed by atoms with E-state index in [1.165, 1.54) is 70.6 Å². The first-order valence-corrected chi connectivity index (χ1v) is 14.5. The second kappa shape index (κ2) is 22.0. The van der Waals surface area contributed by atoms with Gasteiger partial charge in [0, 0.05) is 19.3 Å². The van der Waals surface area contributed by atoms with E-state index < -0.39 is 35.8 Å². The zero-order chi connectivity index (χ0) is 26.4. The molecular formula is C29H54O6. The van der Waals surface area contributed by atoms with Gasteiger partial charge in [0.2, 0.25) is 0 Å². The summed E-state index contributed by atoms with van der Waals surface area (Å²) in [4.78, 5) is 38.0. The highest BCUT2D eigenvalue weighted by atomic mass is 16.6. The van der Waals surface area contributed by atoms with Crippen molar-refractivity contribution in [3.05, 3.63) is 0 Å². The number of ketones is 2. The van der Waals surface area contributed by atoms with Gasteiger partial charge in [-0.1, -0.05) is 111 Å². The van der Waals surface area contributed by atoms with E-state index in [1.807, 2.05) is 0 Å². The molecule has 0 heterocycles. The highest BCUT2D eigenvalue weighted by Crippen LogP contribution is 2.26. The summed E-state index contributed by atoms with van der Waals surface area (Å²) in [5, 5.41) is 19.8. The number of ether oxygens (including phenoxy) is 1. The van der Waals surface area contributed by atoms with Gasteiger partial charge in [-0.3, -0.25) is 14.4 Å². The lowest BCUT2D eigenvalue weighted by atomic mass is 9.83. The Morgan fingerprint density at radius 1 is 0.600 bits per heavy atom. The van der Waals surface area contributed by atoms with Crippen LogP contribution in [0.3, 0.4) is 0 Å². The third-order valence-corrected chi connectivity index (χ3v) is 6.68. The van der Waals surface area contributed by atoms with Crippen molar-refractivity contribution in [3.8, 4) is 0 Å². The van der Waals surface area contributed by atoms with Gasteiger partial charge < -0.3 is 14.9 Å². The average molecular weight is 499 g/mol. The number of carbonyl (C=O) groups is 3. The van der Waals surface area contributed by atoms with Gasteiger partial charge in [0.05, 0.1) is 6.61 Å². The van der Waals surface area contributed by atoms with Crippen LogP contribution in [0.5, 0.6) is 0 Å². The van der Waals surface area contributed by atoms with Crippen molar-refractivity contribution >= 4 is 17.5 Å². The number of carbonyl (C=O) groups excluding carboxylic acids is 3. The van der Waals surface area contributed by atoms with Crippen molar-refractivity contribution in [3.63, 3.8) is 0 Å². The maximum Gasteiger partial charge on any atom is 0.307 e. The van der Waals surface area contributed by atoms with Crippen LogP contribution in [-0.4, -0.2) is 46.1 Å². The largest absolute Gasteiger partial charge is 0.440 e. The van der Waals surface area contributed by atoms with Gasteiger partial charge in [0.25, 0.3) is 5.60 Å². The highest BCUT2D eigenvalue weighted by Gasteiger charge is 2.53. The Labute approximate surface area is 214 Å². The van der Waals surface area contributed by atoms with E-state index in [0.717, 1.165) is 19.3 Å². The molecule has 1 atom stereocenters. The molecular weight excluding hydrogens is 444 g/mol. The van der Waals surface area contributed by atoms with Crippen molar-refractivity contribution in [1.29, 1.82) is 0 Å². The molecule has 0 aliphatic rings. The van der Waals surface area contributed by atoms with Crippen LogP contribution in [-0.2, 0) is 19.1 Å². The topological polar surface area (TPSA) is 101 Å². The minimum atomic E-state index is -2.28. The van der Waals surface area contributed by atoms with Gasteiger partial charge in [-0.05, 0) is 19.3 Å². The van der Waals surface area contributed by atoms with E-state index in [0.29, 0.717) is 19.3 Å². The predicted molar refractivity (Wildman–Crippen MR) is 141 cm³/mol. The zero-order valence-electron chi connectivity index (χ0n) is 23.0. The third-order valence-electron chi connectivity index (χ3n) is 6.68. The van der Waals surface area contributed by atoms with E-state index in [2.05, 4.69) is 6.92 Å². The smallest absolute Gasteiger partial charge is 0.307 e. The van der Waals surface area contributed by atoms with Crippen LogP contribution in [0.15, 0.2) is 0 Å². The fourth-order valence-corrected chi connectivity index (χ4v) is 4.53. The number of unbranched alkanes of at least 4 members (excludes halogenated alkanes) is 14. The molecule has 35 heavy (non-hydrogen) atoms. The minimum Gasteiger partial charge on any atom is -0.440 e. The molecule has 0 saturated heterocycles. The van der Waals surface area contributed by atoms with Gasteiger partial charge >= 0.3 is 5.97 Å². The molecule has 0 saturated carbocycles. The molecule has 0 radical (unpaired) electrons. The van der Waals surface area contributed by atoms with E-state index in [4.69, 9.17) is 4.74 Å². The number of aliphatic hydroxyl groups is 2. The Bertz CT molecular complexity index is 541. The van der Waals surface area contributed by atoms with Gasteiger partial charge in [-0.25, -0.2) is 0 Å². The Hall–Kier alpha value is -1.27. The summed E-state index contributed by atoms with van der Waals surface area (Å²) < 4.78 is 5.39. The third kappa shape index (κ3) is 14.2. The quantitative estimate of drug-likeness (QED) is 0.0833. The summed E-state index contributed by atoms with van der Waals surface area (Å²) >= 11 is 0. The fraction of sp³-hybridized carbons (Fsp3) is 0.897. The first-order valence-electron chi connectivity index (χ1n) is 14.5. The van der Waals surface area contributed by atoms with Gasteiger partial charge in [-0.15, -0.1) is 0 Å². The number of esters is 1. The van der Waals surface area contributed by atoms with Crippen molar-refractivity contribution in [2.24, 2.45) is 0 Å². The number of Topliss-reactive ketones (excluding diaryl/α,β-unsaturated/α-hetero) is 2. The van der Waals surface area contributed by atoms with Crippen LogP contribution in [0.4, 0.5) is 0 Å². The summed E-state index contributed by atoms with van der Waals surface area (Å²) in [6, 6.07) is 0. The van der Waals surface area contributed by atoms with E-state index in [1.54, 1.807) is 13.8 Å². The first kappa shape index (κ1) is 33.7. The normalized spacial score (nSPS) is 12.5. The van der Waals surface area contributed by atoms with Crippen molar-refractivity contribution < 1.29 is 29.3 Å². The van der Waals surface area contributed by atoms with E-state index in [-0.39, 0.29) is 19.3 Å². The Balaban J connectivity index is 4.22. The Morgan fingerprint density at radius 3 is 1.31 bits per heavy atom. The van der Waals surface area contributed by atoms with Gasteiger partial charge in [0.1, 0.15) is 6.10 Å². The van der Waals surface area contributed by atoms with Crippen LogP contribution < -0.4 is 0 Å². The molecule has 206 valence electrons. The molecule has 0 aromatic rings. The lowest BCUT2D eigenvalue weighted by molar-refractivity contribution is -0.188. The van der Waals surface area contributed by atoms with Crippen LogP contribution in [0.2, 0.25) is 0 Å². The molecule has 6 heteroatoms. The molecule has 0 aromatic heterocycles. The van der Waals surface area contributed by atoms with Crippen molar-refractivity contribution in [1.82, 2.24) is 0 Å². The molecule has 1 unspecified atom stereocenters. The van der Waals surface area contributed by atoms with E-state index >= 15 is 0 Å². The molecule has 0 rings (SSSR count). The number of hydrogen-bond acceptors (Lipinski definition) is 6. The molecule has 0 aliphatic carbocycles. The van der Waals surface area contributed by atoms with Crippen LogP contribution in [0.25, 0.3) is 0 Å². The maximum absolute atomic E-state index is 12.8. The van der Waals surface area contributed by atoms with Crippen molar-refractivity contribution in [2.75, 3.05) is 6.61 Å². The number of rotatable bonds is 25.